The van der Waals surface area contributed by atoms with E-state index < -0.39 is 5.41 Å². The Morgan fingerprint density at radius 1 is 1.06 bits per heavy atom. The van der Waals surface area contributed by atoms with E-state index in [1.165, 1.54) is 32.1 Å². The molecule has 2 aliphatic rings. The molecule has 1 fully saturated rings. The Morgan fingerprint density at radius 2 is 1.75 bits per heavy atom. The largest absolute Gasteiger partial charge is 0.348 e. The summed E-state index contributed by atoms with van der Waals surface area (Å²) in [5, 5.41) is 3.24. The van der Waals surface area contributed by atoms with Crippen molar-refractivity contribution >= 4 is 11.8 Å². The lowest BCUT2D eigenvalue weighted by atomic mass is 9.84. The first-order valence-corrected chi connectivity index (χ1v) is 12.0. The summed E-state index contributed by atoms with van der Waals surface area (Å²) in [6.07, 6.45) is 6.13. The summed E-state index contributed by atoms with van der Waals surface area (Å²) in [6, 6.07) is 10.1. The standard InChI is InChI=1S/C26H36N4O2/c1-18(19-11-7-5-8-12-19)27-24(31)22-21-17-29(25(32)26(2,3)4)15-16-30(21)23(28-22)20-13-9-6-10-14-20/h6,9-10,13-14,18-19H,5,7-8,11-12,15-17H2,1-4H3,(H,27,31)/t18-/m1/s1. The van der Waals surface area contributed by atoms with Gasteiger partial charge < -0.3 is 14.8 Å². The number of fused-ring (bicyclic) bond motifs is 1. The van der Waals surface area contributed by atoms with Gasteiger partial charge in [0, 0.05) is 30.1 Å². The number of carbonyl (C=O) groups excluding carboxylic acids is 2. The van der Waals surface area contributed by atoms with Crippen LogP contribution in [0.1, 0.15) is 76.0 Å². The fourth-order valence-corrected chi connectivity index (χ4v) is 5.03. The van der Waals surface area contributed by atoms with Gasteiger partial charge in [-0.2, -0.15) is 0 Å². The molecule has 32 heavy (non-hydrogen) atoms. The van der Waals surface area contributed by atoms with E-state index in [9.17, 15) is 9.59 Å². The van der Waals surface area contributed by atoms with Crippen molar-refractivity contribution in [1.82, 2.24) is 19.8 Å². The minimum Gasteiger partial charge on any atom is -0.348 e. The summed E-state index contributed by atoms with van der Waals surface area (Å²) in [5.41, 5.74) is 1.82. The number of imidazole rings is 1. The maximum Gasteiger partial charge on any atom is 0.272 e. The number of benzene rings is 1. The molecule has 1 N–H and O–H groups in total. The molecule has 6 heteroatoms. The van der Waals surface area contributed by atoms with Crippen LogP contribution in [0.15, 0.2) is 30.3 Å². The second kappa shape index (κ2) is 9.08. The van der Waals surface area contributed by atoms with Crippen LogP contribution < -0.4 is 5.32 Å². The molecule has 0 saturated heterocycles. The smallest absolute Gasteiger partial charge is 0.272 e. The number of hydrogen-bond acceptors (Lipinski definition) is 3. The van der Waals surface area contributed by atoms with Gasteiger partial charge in [0.15, 0.2) is 5.69 Å². The molecule has 1 saturated carbocycles. The Morgan fingerprint density at radius 3 is 2.41 bits per heavy atom. The summed E-state index contributed by atoms with van der Waals surface area (Å²) < 4.78 is 2.13. The van der Waals surface area contributed by atoms with Crippen LogP contribution in [-0.2, 0) is 17.9 Å². The molecule has 6 nitrogen and oxygen atoms in total. The van der Waals surface area contributed by atoms with Gasteiger partial charge in [-0.25, -0.2) is 4.98 Å². The average Bonchev–Trinajstić information content (AvgIpc) is 3.18. The topological polar surface area (TPSA) is 67.2 Å². The van der Waals surface area contributed by atoms with E-state index in [2.05, 4.69) is 16.8 Å². The molecule has 0 bridgehead atoms. The number of nitrogens with one attached hydrogen (secondary N) is 1. The third-order valence-corrected chi connectivity index (χ3v) is 6.90. The van der Waals surface area contributed by atoms with E-state index in [4.69, 9.17) is 4.98 Å². The van der Waals surface area contributed by atoms with Gasteiger partial charge in [-0.15, -0.1) is 0 Å². The van der Waals surface area contributed by atoms with Gasteiger partial charge in [-0.3, -0.25) is 9.59 Å². The molecular formula is C26H36N4O2. The molecule has 0 radical (unpaired) electrons. The molecule has 4 rings (SSSR count). The number of aromatic nitrogens is 2. The van der Waals surface area contributed by atoms with Gasteiger partial charge in [0.25, 0.3) is 5.91 Å². The first-order chi connectivity index (χ1) is 15.3. The molecule has 1 aliphatic carbocycles. The van der Waals surface area contributed by atoms with Crippen molar-refractivity contribution in [3.63, 3.8) is 0 Å². The molecule has 0 unspecified atom stereocenters. The fraction of sp³-hybridized carbons (Fsp3) is 0.577. The molecular weight excluding hydrogens is 400 g/mol. The molecule has 1 aromatic heterocycles. The lowest BCUT2D eigenvalue weighted by Crippen LogP contribution is -2.45. The number of amides is 2. The van der Waals surface area contributed by atoms with Crippen molar-refractivity contribution in [2.75, 3.05) is 6.54 Å². The van der Waals surface area contributed by atoms with Crippen LogP contribution in [0, 0.1) is 11.3 Å². The highest BCUT2D eigenvalue weighted by Gasteiger charge is 2.34. The minimum atomic E-state index is -0.456. The van der Waals surface area contributed by atoms with Gasteiger partial charge in [0.05, 0.1) is 12.2 Å². The maximum absolute atomic E-state index is 13.4. The Labute approximate surface area is 191 Å². The molecule has 1 aromatic carbocycles. The van der Waals surface area contributed by atoms with Crippen molar-refractivity contribution in [2.24, 2.45) is 11.3 Å². The second-order valence-corrected chi connectivity index (χ2v) is 10.4. The first kappa shape index (κ1) is 22.6. The lowest BCUT2D eigenvalue weighted by molar-refractivity contribution is -0.141. The first-order valence-electron chi connectivity index (χ1n) is 12.0. The van der Waals surface area contributed by atoms with Crippen LogP contribution in [0.2, 0.25) is 0 Å². The monoisotopic (exact) mass is 436 g/mol. The van der Waals surface area contributed by atoms with E-state index in [1.807, 2.05) is 56.0 Å². The molecule has 0 spiro atoms. The second-order valence-electron chi connectivity index (χ2n) is 10.4. The van der Waals surface area contributed by atoms with Crippen molar-refractivity contribution in [1.29, 1.82) is 0 Å². The SMILES string of the molecule is C[C@@H](NC(=O)c1nc(-c2ccccc2)n2c1CN(C(=O)C(C)(C)C)CC2)C1CCCCC1. The highest BCUT2D eigenvalue weighted by molar-refractivity contribution is 5.95. The summed E-state index contributed by atoms with van der Waals surface area (Å²) >= 11 is 0. The summed E-state index contributed by atoms with van der Waals surface area (Å²) in [7, 11) is 0. The quantitative estimate of drug-likeness (QED) is 0.759. The van der Waals surface area contributed by atoms with Gasteiger partial charge >= 0.3 is 0 Å². The van der Waals surface area contributed by atoms with Crippen molar-refractivity contribution in [3.8, 4) is 11.4 Å². The molecule has 2 amide bonds. The third-order valence-electron chi connectivity index (χ3n) is 6.90. The Kier molecular flexibility index (Phi) is 6.40. The van der Waals surface area contributed by atoms with Crippen LogP contribution in [0.4, 0.5) is 0 Å². The van der Waals surface area contributed by atoms with Crippen LogP contribution in [0.25, 0.3) is 11.4 Å². The highest BCUT2D eigenvalue weighted by Crippen LogP contribution is 2.30. The summed E-state index contributed by atoms with van der Waals surface area (Å²) in [5.74, 6) is 1.31. The molecule has 1 aliphatic heterocycles. The molecule has 2 heterocycles. The van der Waals surface area contributed by atoms with Gasteiger partial charge in [0.1, 0.15) is 5.82 Å². The Bertz CT molecular complexity index is 968. The van der Waals surface area contributed by atoms with Crippen LogP contribution in [-0.4, -0.2) is 38.9 Å². The number of nitrogens with zero attached hydrogens (tertiary/aromatic N) is 3. The minimum absolute atomic E-state index is 0.105. The fourth-order valence-electron chi connectivity index (χ4n) is 5.03. The summed E-state index contributed by atoms with van der Waals surface area (Å²) in [4.78, 5) is 33.1. The Balaban J connectivity index is 1.65. The maximum atomic E-state index is 13.4. The third kappa shape index (κ3) is 4.59. The van der Waals surface area contributed by atoms with Gasteiger partial charge in [-0.05, 0) is 25.7 Å². The Hall–Kier alpha value is -2.63. The molecule has 172 valence electrons. The number of carbonyl (C=O) groups is 2. The van der Waals surface area contributed by atoms with Gasteiger partial charge in [-0.1, -0.05) is 70.4 Å². The van der Waals surface area contributed by atoms with Crippen molar-refractivity contribution < 1.29 is 9.59 Å². The molecule has 2 aromatic rings. The normalized spacial score (nSPS) is 18.2. The van der Waals surface area contributed by atoms with Crippen molar-refractivity contribution in [3.05, 3.63) is 41.7 Å². The number of rotatable bonds is 4. The summed E-state index contributed by atoms with van der Waals surface area (Å²) in [6.45, 7) is 9.61. The number of hydrogen-bond donors (Lipinski definition) is 1. The van der Waals surface area contributed by atoms with Crippen molar-refractivity contribution in [2.45, 2.75) is 78.9 Å². The van der Waals surface area contributed by atoms with E-state index in [0.29, 0.717) is 31.2 Å². The van der Waals surface area contributed by atoms with E-state index in [1.54, 1.807) is 0 Å². The molecule has 1 atom stereocenters. The predicted octanol–water partition coefficient (Wildman–Crippen LogP) is 4.64. The van der Waals surface area contributed by atoms with Crippen LogP contribution >= 0.6 is 0 Å². The van der Waals surface area contributed by atoms with E-state index in [0.717, 1.165) is 17.1 Å². The zero-order chi connectivity index (χ0) is 22.9. The van der Waals surface area contributed by atoms with Gasteiger partial charge in [0.2, 0.25) is 5.91 Å². The zero-order valence-electron chi connectivity index (χ0n) is 19.9. The van der Waals surface area contributed by atoms with E-state index in [-0.39, 0.29) is 17.9 Å². The zero-order valence-corrected chi connectivity index (χ0v) is 19.9. The van der Waals surface area contributed by atoms with E-state index >= 15 is 0 Å². The average molecular weight is 437 g/mol. The van der Waals surface area contributed by atoms with Crippen LogP contribution in [0.5, 0.6) is 0 Å². The predicted molar refractivity (Wildman–Crippen MR) is 126 cm³/mol. The highest BCUT2D eigenvalue weighted by atomic mass is 16.2. The van der Waals surface area contributed by atoms with Crippen LogP contribution in [0.3, 0.4) is 0 Å². The lowest BCUT2D eigenvalue weighted by Gasteiger charge is -2.34.